The van der Waals surface area contributed by atoms with Crippen LogP contribution in [0.4, 0.5) is 0 Å². The molecule has 2 rings (SSSR count). The number of rotatable bonds is 8. The van der Waals surface area contributed by atoms with Gasteiger partial charge in [-0.25, -0.2) is 0 Å². The van der Waals surface area contributed by atoms with Crippen LogP contribution in [-0.4, -0.2) is 42.6 Å². The minimum atomic E-state index is -0.956. The molecule has 6 heteroatoms. The maximum Gasteiger partial charge on any atom is 0.334 e. The molecule has 0 atom stereocenters. The van der Waals surface area contributed by atoms with E-state index in [1.807, 2.05) is 20.1 Å². The second-order valence-corrected chi connectivity index (χ2v) is 8.00. The Hall–Kier alpha value is -0.845. The van der Waals surface area contributed by atoms with Crippen LogP contribution in [0.2, 0.25) is 0 Å². The van der Waals surface area contributed by atoms with E-state index in [0.29, 0.717) is 17.9 Å². The Morgan fingerprint density at radius 3 is 2.39 bits per heavy atom. The minimum absolute atomic E-state index is 0.348. The van der Waals surface area contributed by atoms with Gasteiger partial charge in [0.25, 0.3) is 0 Å². The fraction of sp³-hybridized carbons (Fsp3) is 0.824. The third-order valence-electron chi connectivity index (χ3n) is 5.27. The largest absolute Gasteiger partial charge is 0.426 e. The molecule has 129 valence electrons. The molecule has 0 aromatic carbocycles. The average molecular weight is 320 g/mol. The van der Waals surface area contributed by atoms with Gasteiger partial charge in [-0.3, -0.25) is 4.99 Å². The van der Waals surface area contributed by atoms with Crippen LogP contribution in [0.25, 0.3) is 0 Å². The van der Waals surface area contributed by atoms with Crippen LogP contribution in [-0.2, 0) is 4.65 Å². The second-order valence-electron chi connectivity index (χ2n) is 8.00. The molecule has 5 N–H and O–H groups in total. The van der Waals surface area contributed by atoms with Crippen molar-refractivity contribution >= 4 is 13.7 Å². The summed E-state index contributed by atoms with van der Waals surface area (Å²) in [7, 11) is 1.66. The lowest BCUT2D eigenvalue weighted by atomic mass is 9.79. The summed E-state index contributed by atoms with van der Waals surface area (Å²) in [5.41, 5.74) is 11.9. The smallest absolute Gasteiger partial charge is 0.334 e. The Bertz CT molecular complexity index is 473. The van der Waals surface area contributed by atoms with Crippen molar-refractivity contribution < 1.29 is 9.76 Å². The lowest BCUT2D eigenvalue weighted by Gasteiger charge is -2.37. The summed E-state index contributed by atoms with van der Waals surface area (Å²) in [5.74, 6) is 1.06. The molecule has 2 fully saturated rings. The van der Waals surface area contributed by atoms with Crippen molar-refractivity contribution in [2.45, 2.75) is 70.6 Å². The van der Waals surface area contributed by atoms with E-state index in [4.69, 9.17) is 16.1 Å². The highest BCUT2D eigenvalue weighted by Gasteiger charge is 2.36. The molecule has 23 heavy (non-hydrogen) atoms. The van der Waals surface area contributed by atoms with Crippen LogP contribution in [0.1, 0.15) is 53.4 Å². The molecule has 5 nitrogen and oxygen atoms in total. The molecule has 0 saturated heterocycles. The topological polar surface area (TPSA) is 93.9 Å². The Morgan fingerprint density at radius 2 is 1.91 bits per heavy atom. The summed E-state index contributed by atoms with van der Waals surface area (Å²) < 4.78 is 5.86. The summed E-state index contributed by atoms with van der Waals surface area (Å²) in [6.07, 6.45) is 6.21. The first-order valence-electron chi connectivity index (χ1n) is 8.60. The van der Waals surface area contributed by atoms with E-state index in [1.54, 1.807) is 21.3 Å². The van der Waals surface area contributed by atoms with Gasteiger partial charge in [-0.1, -0.05) is 0 Å². The SMILES string of the molecule is CC(C)(O)C(C)(C)O[B]C(C=NC1CC(CN)C1)=C(N)C1CC1. The molecule has 0 aromatic rings. The molecule has 0 amide bonds. The van der Waals surface area contributed by atoms with Crippen molar-refractivity contribution in [1.82, 2.24) is 0 Å². The van der Waals surface area contributed by atoms with Crippen molar-refractivity contribution in [1.29, 1.82) is 0 Å². The molecule has 0 unspecified atom stereocenters. The van der Waals surface area contributed by atoms with Crippen LogP contribution in [0, 0.1) is 11.8 Å². The zero-order chi connectivity index (χ0) is 17.3. The number of hydrogen-bond acceptors (Lipinski definition) is 5. The Balaban J connectivity index is 1.99. The van der Waals surface area contributed by atoms with E-state index in [0.717, 1.165) is 43.4 Å². The lowest BCUT2D eigenvalue weighted by molar-refractivity contribution is -0.0895. The standard InChI is InChI=1S/C17H31BN3O2/c1-16(2,22)17(3,4)23-18-14(15(20)12-5-6-12)10-21-13-7-11(8-13)9-19/h10-13,22H,5-9,19-20H2,1-4H3. The summed E-state index contributed by atoms with van der Waals surface area (Å²) in [4.78, 5) is 4.63. The number of hydrogen-bond donors (Lipinski definition) is 3. The molecule has 2 saturated carbocycles. The van der Waals surface area contributed by atoms with E-state index in [9.17, 15) is 5.11 Å². The third kappa shape index (κ3) is 4.81. The first-order chi connectivity index (χ1) is 10.6. The van der Waals surface area contributed by atoms with Crippen molar-refractivity contribution in [3.63, 3.8) is 0 Å². The molecule has 0 spiro atoms. The maximum atomic E-state index is 10.2. The molecular formula is C17H31BN3O2. The van der Waals surface area contributed by atoms with Crippen LogP contribution < -0.4 is 11.5 Å². The fourth-order valence-corrected chi connectivity index (χ4v) is 2.36. The van der Waals surface area contributed by atoms with Crippen molar-refractivity contribution in [3.05, 3.63) is 11.2 Å². The molecule has 2 aliphatic carbocycles. The number of nitrogens with zero attached hydrogens (tertiary/aromatic N) is 1. The van der Waals surface area contributed by atoms with Crippen molar-refractivity contribution in [2.24, 2.45) is 28.3 Å². The average Bonchev–Trinajstić information content (AvgIpc) is 3.22. The predicted octanol–water partition coefficient (Wildman–Crippen LogP) is 1.56. The van der Waals surface area contributed by atoms with Gasteiger partial charge in [0.1, 0.15) is 0 Å². The van der Waals surface area contributed by atoms with Crippen LogP contribution >= 0.6 is 0 Å². The van der Waals surface area contributed by atoms with E-state index in [1.165, 1.54) is 0 Å². The van der Waals surface area contributed by atoms with Gasteiger partial charge in [-0.15, -0.1) is 0 Å². The summed E-state index contributed by atoms with van der Waals surface area (Å²) in [6.45, 7) is 7.95. The first-order valence-corrected chi connectivity index (χ1v) is 8.60. The molecule has 0 heterocycles. The van der Waals surface area contributed by atoms with Gasteiger partial charge in [-0.2, -0.15) is 0 Å². The van der Waals surface area contributed by atoms with E-state index < -0.39 is 11.2 Å². The molecule has 1 radical (unpaired) electrons. The van der Waals surface area contributed by atoms with Gasteiger partial charge in [0.05, 0.1) is 17.2 Å². The summed E-state index contributed by atoms with van der Waals surface area (Å²) in [6, 6.07) is 0.348. The van der Waals surface area contributed by atoms with Crippen molar-refractivity contribution in [3.8, 4) is 0 Å². The zero-order valence-corrected chi connectivity index (χ0v) is 14.9. The normalized spacial score (nSPS) is 26.9. The molecular weight excluding hydrogens is 289 g/mol. The molecule has 0 aliphatic heterocycles. The fourth-order valence-electron chi connectivity index (χ4n) is 2.36. The highest BCUT2D eigenvalue weighted by molar-refractivity contribution is 6.46. The highest BCUT2D eigenvalue weighted by atomic mass is 16.5. The van der Waals surface area contributed by atoms with E-state index in [-0.39, 0.29) is 0 Å². The third-order valence-corrected chi connectivity index (χ3v) is 5.27. The molecule has 0 bridgehead atoms. The Morgan fingerprint density at radius 1 is 1.30 bits per heavy atom. The number of allylic oxidation sites excluding steroid dienone is 2. The van der Waals surface area contributed by atoms with Crippen LogP contribution in [0.5, 0.6) is 0 Å². The van der Waals surface area contributed by atoms with Gasteiger partial charge in [0, 0.05) is 11.9 Å². The van der Waals surface area contributed by atoms with Gasteiger partial charge < -0.3 is 21.2 Å². The van der Waals surface area contributed by atoms with Gasteiger partial charge >= 0.3 is 7.48 Å². The highest BCUT2D eigenvalue weighted by Crippen LogP contribution is 2.35. The van der Waals surface area contributed by atoms with E-state index in [2.05, 4.69) is 4.99 Å². The van der Waals surface area contributed by atoms with Gasteiger partial charge in [0.2, 0.25) is 0 Å². The Kier molecular flexibility index (Phi) is 5.59. The predicted molar refractivity (Wildman–Crippen MR) is 95.2 cm³/mol. The Labute approximate surface area is 140 Å². The van der Waals surface area contributed by atoms with Crippen LogP contribution in [0.15, 0.2) is 16.2 Å². The van der Waals surface area contributed by atoms with Crippen LogP contribution in [0.3, 0.4) is 0 Å². The minimum Gasteiger partial charge on any atom is -0.426 e. The first kappa shape index (κ1) is 18.5. The molecule has 2 aliphatic rings. The quantitative estimate of drug-likeness (QED) is 0.467. The monoisotopic (exact) mass is 320 g/mol. The summed E-state index contributed by atoms with van der Waals surface area (Å²) >= 11 is 0. The number of nitrogens with two attached hydrogens (primary N) is 2. The number of aliphatic imine (C=N–C) groups is 1. The lowest BCUT2D eigenvalue weighted by Crippen LogP contribution is -2.48. The zero-order valence-electron chi connectivity index (χ0n) is 14.9. The van der Waals surface area contributed by atoms with Gasteiger partial charge in [0.15, 0.2) is 0 Å². The molecule has 0 aromatic heterocycles. The maximum absolute atomic E-state index is 10.2. The second kappa shape index (κ2) is 6.95. The van der Waals surface area contributed by atoms with Gasteiger partial charge in [-0.05, 0) is 77.2 Å². The number of aliphatic hydroxyl groups is 1. The van der Waals surface area contributed by atoms with E-state index >= 15 is 0 Å². The summed E-state index contributed by atoms with van der Waals surface area (Å²) in [5, 5.41) is 10.2. The van der Waals surface area contributed by atoms with Crippen molar-refractivity contribution in [2.75, 3.05) is 6.54 Å².